The van der Waals surface area contributed by atoms with Gasteiger partial charge < -0.3 is 10.2 Å². The van der Waals surface area contributed by atoms with Crippen molar-refractivity contribution in [2.75, 3.05) is 0 Å². The van der Waals surface area contributed by atoms with Crippen LogP contribution in [0.15, 0.2) is 23.6 Å². The summed E-state index contributed by atoms with van der Waals surface area (Å²) in [6.45, 7) is 0. The normalized spacial score (nSPS) is 10.4. The van der Waals surface area contributed by atoms with Crippen molar-refractivity contribution in [3.63, 3.8) is 0 Å². The Kier molecular flexibility index (Phi) is 2.31. The Labute approximate surface area is 89.2 Å². The van der Waals surface area contributed by atoms with E-state index in [2.05, 4.69) is 4.98 Å². The predicted octanol–water partition coefficient (Wildman–Crippen LogP) is 2.87. The van der Waals surface area contributed by atoms with Gasteiger partial charge in [0.15, 0.2) is 0 Å². The van der Waals surface area contributed by atoms with Crippen LogP contribution in [0, 0.1) is 0 Å². The highest BCUT2D eigenvalue weighted by Crippen LogP contribution is 2.34. The van der Waals surface area contributed by atoms with Crippen molar-refractivity contribution in [3.8, 4) is 22.2 Å². The molecule has 1 aromatic carbocycles. The number of aromatic nitrogens is 1. The van der Waals surface area contributed by atoms with Crippen molar-refractivity contribution >= 4 is 22.9 Å². The third-order valence-electron chi connectivity index (χ3n) is 1.68. The zero-order valence-electron chi connectivity index (χ0n) is 6.94. The summed E-state index contributed by atoms with van der Waals surface area (Å²) in [5.74, 6) is 0.0196. The second-order valence-electron chi connectivity index (χ2n) is 2.67. The van der Waals surface area contributed by atoms with Gasteiger partial charge in [0, 0.05) is 5.02 Å². The summed E-state index contributed by atoms with van der Waals surface area (Å²) < 4.78 is 0. The molecule has 0 bridgehead atoms. The molecule has 1 aromatic heterocycles. The van der Waals surface area contributed by atoms with Crippen LogP contribution in [-0.2, 0) is 0 Å². The smallest absolute Gasteiger partial charge is 0.222 e. The van der Waals surface area contributed by atoms with Gasteiger partial charge in [-0.3, -0.25) is 0 Å². The monoisotopic (exact) mass is 227 g/mol. The van der Waals surface area contributed by atoms with Crippen LogP contribution in [0.5, 0.6) is 11.6 Å². The van der Waals surface area contributed by atoms with E-state index in [1.165, 1.54) is 22.8 Å². The van der Waals surface area contributed by atoms with Gasteiger partial charge in [-0.1, -0.05) is 11.6 Å². The Morgan fingerprint density at radius 3 is 2.64 bits per heavy atom. The minimum atomic E-state index is -0.0423. The maximum atomic E-state index is 9.55. The summed E-state index contributed by atoms with van der Waals surface area (Å²) in [6.07, 6.45) is 0. The number of thiazole rings is 1. The number of rotatable bonds is 1. The zero-order chi connectivity index (χ0) is 10.1. The molecule has 1 heterocycles. The Morgan fingerprint density at radius 2 is 2.07 bits per heavy atom. The van der Waals surface area contributed by atoms with Gasteiger partial charge in [0.2, 0.25) is 5.88 Å². The van der Waals surface area contributed by atoms with E-state index >= 15 is 0 Å². The molecule has 2 N–H and O–H groups in total. The molecule has 0 radical (unpaired) electrons. The highest BCUT2D eigenvalue weighted by atomic mass is 35.5. The van der Waals surface area contributed by atoms with Gasteiger partial charge in [-0.2, -0.15) is 0 Å². The molecule has 0 aliphatic carbocycles. The van der Waals surface area contributed by atoms with Crippen molar-refractivity contribution in [2.24, 2.45) is 0 Å². The molecule has 2 rings (SSSR count). The molecule has 0 spiro atoms. The van der Waals surface area contributed by atoms with E-state index in [-0.39, 0.29) is 11.6 Å². The first-order chi connectivity index (χ1) is 6.66. The first-order valence-corrected chi connectivity index (χ1v) is 5.06. The summed E-state index contributed by atoms with van der Waals surface area (Å²) in [5, 5.41) is 21.1. The minimum Gasteiger partial charge on any atom is -0.507 e. The fraction of sp³-hybridized carbons (Fsp3) is 0. The van der Waals surface area contributed by atoms with Gasteiger partial charge in [0.05, 0.1) is 10.9 Å². The van der Waals surface area contributed by atoms with Crippen molar-refractivity contribution < 1.29 is 10.2 Å². The molecule has 0 saturated heterocycles. The van der Waals surface area contributed by atoms with E-state index in [1.54, 1.807) is 12.1 Å². The minimum absolute atomic E-state index is 0.0423. The molecule has 0 amide bonds. The topological polar surface area (TPSA) is 53.4 Å². The number of halogens is 1. The van der Waals surface area contributed by atoms with Crippen LogP contribution in [-0.4, -0.2) is 15.2 Å². The standard InChI is InChI=1S/C9H6ClNO2S/c10-5-1-2-6(7(12)3-5)9-11-8(13)4-14-9/h1-4,12-13H. The number of benzene rings is 1. The molecule has 0 fully saturated rings. The van der Waals surface area contributed by atoms with Gasteiger partial charge in [0.25, 0.3) is 0 Å². The van der Waals surface area contributed by atoms with Crippen molar-refractivity contribution in [2.45, 2.75) is 0 Å². The number of aromatic hydroxyl groups is 2. The average molecular weight is 228 g/mol. The first kappa shape index (κ1) is 9.30. The average Bonchev–Trinajstić information content (AvgIpc) is 2.51. The Morgan fingerprint density at radius 1 is 1.29 bits per heavy atom. The molecule has 14 heavy (non-hydrogen) atoms. The molecule has 0 aliphatic heterocycles. The van der Waals surface area contributed by atoms with E-state index in [0.717, 1.165) is 0 Å². The lowest BCUT2D eigenvalue weighted by atomic mass is 10.2. The van der Waals surface area contributed by atoms with E-state index < -0.39 is 0 Å². The summed E-state index contributed by atoms with van der Waals surface area (Å²) >= 11 is 6.94. The number of hydrogen-bond acceptors (Lipinski definition) is 4. The lowest BCUT2D eigenvalue weighted by molar-refractivity contribution is 0.457. The van der Waals surface area contributed by atoms with Gasteiger partial charge in [0.1, 0.15) is 10.8 Å². The molecule has 0 atom stereocenters. The summed E-state index contributed by atoms with van der Waals surface area (Å²) in [7, 11) is 0. The maximum Gasteiger partial charge on any atom is 0.222 e. The molecule has 5 heteroatoms. The second kappa shape index (κ2) is 3.48. The lowest BCUT2D eigenvalue weighted by Gasteiger charge is -2.00. The van der Waals surface area contributed by atoms with E-state index in [0.29, 0.717) is 15.6 Å². The van der Waals surface area contributed by atoms with Crippen LogP contribution >= 0.6 is 22.9 Å². The molecule has 2 aromatic rings. The predicted molar refractivity (Wildman–Crippen MR) is 55.9 cm³/mol. The quantitative estimate of drug-likeness (QED) is 0.788. The largest absolute Gasteiger partial charge is 0.507 e. The molecule has 0 saturated carbocycles. The van der Waals surface area contributed by atoms with Crippen molar-refractivity contribution in [3.05, 3.63) is 28.6 Å². The van der Waals surface area contributed by atoms with Crippen LogP contribution in [0.1, 0.15) is 0 Å². The van der Waals surface area contributed by atoms with E-state index in [1.807, 2.05) is 0 Å². The van der Waals surface area contributed by atoms with Crippen LogP contribution in [0.2, 0.25) is 5.02 Å². The Hall–Kier alpha value is -1.26. The zero-order valence-corrected chi connectivity index (χ0v) is 8.51. The summed E-state index contributed by atoms with van der Waals surface area (Å²) in [6, 6.07) is 4.76. The highest BCUT2D eigenvalue weighted by molar-refractivity contribution is 7.13. The van der Waals surface area contributed by atoms with Crippen LogP contribution in [0.25, 0.3) is 10.6 Å². The Bertz CT molecular complexity index is 470. The maximum absolute atomic E-state index is 9.55. The number of phenols is 1. The Balaban J connectivity index is 2.52. The molecule has 3 nitrogen and oxygen atoms in total. The molecular weight excluding hydrogens is 222 g/mol. The number of hydrogen-bond donors (Lipinski definition) is 2. The highest BCUT2D eigenvalue weighted by Gasteiger charge is 2.08. The molecule has 0 unspecified atom stereocenters. The molecule has 72 valence electrons. The molecular formula is C9H6ClNO2S. The SMILES string of the molecule is Oc1csc(-c2ccc(Cl)cc2O)n1. The fourth-order valence-electron chi connectivity index (χ4n) is 1.07. The number of nitrogens with zero attached hydrogens (tertiary/aromatic N) is 1. The summed E-state index contributed by atoms with van der Waals surface area (Å²) in [4.78, 5) is 3.84. The van der Waals surface area contributed by atoms with Crippen LogP contribution < -0.4 is 0 Å². The van der Waals surface area contributed by atoms with E-state index in [4.69, 9.17) is 16.7 Å². The van der Waals surface area contributed by atoms with Crippen LogP contribution in [0.3, 0.4) is 0 Å². The van der Waals surface area contributed by atoms with Crippen molar-refractivity contribution in [1.29, 1.82) is 0 Å². The lowest BCUT2D eigenvalue weighted by Crippen LogP contribution is -1.77. The summed E-state index contributed by atoms with van der Waals surface area (Å²) in [5.41, 5.74) is 0.569. The molecule has 0 aliphatic rings. The third-order valence-corrected chi connectivity index (χ3v) is 2.78. The third kappa shape index (κ3) is 1.66. The fourth-order valence-corrected chi connectivity index (χ4v) is 1.96. The number of phenolic OH excluding ortho intramolecular Hbond substituents is 1. The van der Waals surface area contributed by atoms with E-state index in [9.17, 15) is 5.11 Å². The van der Waals surface area contributed by atoms with Crippen molar-refractivity contribution in [1.82, 2.24) is 4.98 Å². The van der Waals surface area contributed by atoms with Gasteiger partial charge in [-0.25, -0.2) is 4.98 Å². The first-order valence-electron chi connectivity index (χ1n) is 3.80. The van der Waals surface area contributed by atoms with Gasteiger partial charge in [-0.15, -0.1) is 11.3 Å². The van der Waals surface area contributed by atoms with Gasteiger partial charge >= 0.3 is 0 Å². The second-order valence-corrected chi connectivity index (χ2v) is 3.97. The van der Waals surface area contributed by atoms with Crippen LogP contribution in [0.4, 0.5) is 0 Å². The van der Waals surface area contributed by atoms with Gasteiger partial charge in [-0.05, 0) is 18.2 Å².